The van der Waals surface area contributed by atoms with Gasteiger partial charge in [-0.2, -0.15) is 0 Å². The highest BCUT2D eigenvalue weighted by atomic mass is 16.5. The Balaban J connectivity index is 2.64. The lowest BCUT2D eigenvalue weighted by atomic mass is 9.97. The topological polar surface area (TPSA) is 24.5 Å². The van der Waals surface area contributed by atoms with E-state index in [0.29, 0.717) is 24.2 Å². The lowest BCUT2D eigenvalue weighted by molar-refractivity contribution is 0.0565. The number of hydrogen-bond acceptors (Lipinski definition) is 3. The normalized spacial score (nSPS) is 28.6. The molecule has 0 aromatic heterocycles. The molecule has 0 bridgehead atoms. The fraction of sp³-hybridized carbons (Fsp3) is 1.00. The van der Waals surface area contributed by atoms with Gasteiger partial charge in [-0.25, -0.2) is 0 Å². The number of nitrogens with one attached hydrogen (secondary N) is 1. The molecule has 4 unspecified atom stereocenters. The molecule has 0 amide bonds. The van der Waals surface area contributed by atoms with Crippen molar-refractivity contribution in [1.29, 1.82) is 0 Å². The SMILES string of the molecule is CCCC(NC)C(CC)N(C)C1CCOC1C. The van der Waals surface area contributed by atoms with Crippen molar-refractivity contribution in [2.75, 3.05) is 20.7 Å². The van der Waals surface area contributed by atoms with E-state index in [1.54, 1.807) is 0 Å². The molecule has 1 heterocycles. The van der Waals surface area contributed by atoms with Gasteiger partial charge in [-0.15, -0.1) is 0 Å². The molecule has 1 saturated heterocycles. The molecule has 0 aromatic carbocycles. The third-order valence-corrected chi connectivity index (χ3v) is 4.24. The van der Waals surface area contributed by atoms with E-state index in [1.165, 1.54) is 25.7 Å². The Hall–Kier alpha value is -0.120. The first kappa shape index (κ1) is 14.9. The molecule has 3 nitrogen and oxygen atoms in total. The molecule has 0 spiro atoms. The highest BCUT2D eigenvalue weighted by molar-refractivity contribution is 4.89. The molecule has 1 fully saturated rings. The van der Waals surface area contributed by atoms with Gasteiger partial charge in [0.1, 0.15) is 0 Å². The summed E-state index contributed by atoms with van der Waals surface area (Å²) in [6, 6.07) is 1.81. The van der Waals surface area contributed by atoms with Crippen molar-refractivity contribution >= 4 is 0 Å². The molecule has 0 aliphatic carbocycles. The maximum absolute atomic E-state index is 5.69. The van der Waals surface area contributed by atoms with Crippen LogP contribution in [0.15, 0.2) is 0 Å². The van der Waals surface area contributed by atoms with Crippen LogP contribution in [0, 0.1) is 0 Å². The lowest BCUT2D eigenvalue weighted by Gasteiger charge is -2.38. The van der Waals surface area contributed by atoms with Crippen molar-refractivity contribution in [3.8, 4) is 0 Å². The maximum atomic E-state index is 5.69. The van der Waals surface area contributed by atoms with Gasteiger partial charge in [-0.3, -0.25) is 4.90 Å². The van der Waals surface area contributed by atoms with Crippen LogP contribution in [0.2, 0.25) is 0 Å². The molecule has 1 rings (SSSR count). The van der Waals surface area contributed by atoms with Crippen LogP contribution >= 0.6 is 0 Å². The molecule has 0 radical (unpaired) electrons. The second kappa shape index (κ2) is 7.34. The fourth-order valence-corrected chi connectivity index (χ4v) is 3.20. The van der Waals surface area contributed by atoms with Gasteiger partial charge in [-0.1, -0.05) is 20.3 Å². The Morgan fingerprint density at radius 1 is 1.41 bits per heavy atom. The summed E-state index contributed by atoms with van der Waals surface area (Å²) < 4.78 is 5.69. The summed E-state index contributed by atoms with van der Waals surface area (Å²) in [5.41, 5.74) is 0. The van der Waals surface area contributed by atoms with Gasteiger partial charge in [0.15, 0.2) is 0 Å². The highest BCUT2D eigenvalue weighted by Gasteiger charge is 2.33. The smallest absolute Gasteiger partial charge is 0.0703 e. The summed E-state index contributed by atoms with van der Waals surface area (Å²) in [7, 11) is 4.36. The van der Waals surface area contributed by atoms with Crippen LogP contribution in [0.25, 0.3) is 0 Å². The molecule has 1 aliphatic rings. The van der Waals surface area contributed by atoms with Gasteiger partial charge in [-0.05, 0) is 40.3 Å². The molecule has 3 heteroatoms. The fourth-order valence-electron chi connectivity index (χ4n) is 3.20. The Morgan fingerprint density at radius 3 is 2.53 bits per heavy atom. The predicted octanol–water partition coefficient (Wildman–Crippen LogP) is 2.26. The van der Waals surface area contributed by atoms with Crippen molar-refractivity contribution in [2.45, 2.75) is 70.7 Å². The van der Waals surface area contributed by atoms with Crippen LogP contribution in [0.1, 0.15) is 46.5 Å². The Bertz CT molecular complexity index is 210. The largest absolute Gasteiger partial charge is 0.377 e. The van der Waals surface area contributed by atoms with Crippen LogP contribution in [0.5, 0.6) is 0 Å². The first-order valence-corrected chi connectivity index (χ1v) is 7.16. The van der Waals surface area contributed by atoms with Gasteiger partial charge in [0.25, 0.3) is 0 Å². The Morgan fingerprint density at radius 2 is 2.12 bits per heavy atom. The van der Waals surface area contributed by atoms with E-state index in [9.17, 15) is 0 Å². The summed E-state index contributed by atoms with van der Waals surface area (Å²) in [5.74, 6) is 0. The Labute approximate surface area is 107 Å². The summed E-state index contributed by atoms with van der Waals surface area (Å²) in [4.78, 5) is 2.55. The van der Waals surface area contributed by atoms with Crippen molar-refractivity contribution in [2.24, 2.45) is 0 Å². The molecule has 0 saturated carbocycles. The van der Waals surface area contributed by atoms with Crippen molar-refractivity contribution in [3.05, 3.63) is 0 Å². The number of ether oxygens (including phenoxy) is 1. The number of nitrogens with zero attached hydrogens (tertiary/aromatic N) is 1. The minimum atomic E-state index is 0.383. The van der Waals surface area contributed by atoms with Crippen molar-refractivity contribution in [1.82, 2.24) is 10.2 Å². The molecule has 1 N–H and O–H groups in total. The minimum Gasteiger partial charge on any atom is -0.377 e. The van der Waals surface area contributed by atoms with Gasteiger partial charge in [0.05, 0.1) is 6.10 Å². The van der Waals surface area contributed by atoms with Crippen LogP contribution in [-0.2, 0) is 4.74 Å². The summed E-state index contributed by atoms with van der Waals surface area (Å²) in [5, 5.41) is 3.49. The van der Waals surface area contributed by atoms with E-state index in [0.717, 1.165) is 6.61 Å². The summed E-state index contributed by atoms with van der Waals surface area (Å²) >= 11 is 0. The van der Waals surface area contributed by atoms with E-state index in [2.05, 4.69) is 45.1 Å². The van der Waals surface area contributed by atoms with Crippen LogP contribution in [-0.4, -0.2) is 49.8 Å². The summed E-state index contributed by atoms with van der Waals surface area (Å²) in [6.07, 6.45) is 5.25. The van der Waals surface area contributed by atoms with E-state index in [4.69, 9.17) is 4.74 Å². The lowest BCUT2D eigenvalue weighted by Crippen LogP contribution is -2.52. The van der Waals surface area contributed by atoms with E-state index < -0.39 is 0 Å². The van der Waals surface area contributed by atoms with Crippen molar-refractivity contribution in [3.63, 3.8) is 0 Å². The molecule has 4 atom stereocenters. The average Bonchev–Trinajstić information content (AvgIpc) is 2.75. The first-order chi connectivity index (χ1) is 8.15. The number of rotatable bonds is 7. The van der Waals surface area contributed by atoms with E-state index in [1.807, 2.05) is 0 Å². The zero-order valence-electron chi connectivity index (χ0n) is 12.2. The molecular weight excluding hydrogens is 212 g/mol. The van der Waals surface area contributed by atoms with Crippen LogP contribution in [0.3, 0.4) is 0 Å². The zero-order valence-corrected chi connectivity index (χ0v) is 12.2. The van der Waals surface area contributed by atoms with Gasteiger partial charge >= 0.3 is 0 Å². The monoisotopic (exact) mass is 242 g/mol. The third-order valence-electron chi connectivity index (χ3n) is 4.24. The number of hydrogen-bond donors (Lipinski definition) is 1. The van der Waals surface area contributed by atoms with E-state index >= 15 is 0 Å². The molecular formula is C14H30N2O. The minimum absolute atomic E-state index is 0.383. The van der Waals surface area contributed by atoms with Crippen LogP contribution < -0.4 is 5.32 Å². The molecule has 17 heavy (non-hydrogen) atoms. The number of likely N-dealkylation sites (N-methyl/N-ethyl adjacent to an activating group) is 2. The van der Waals surface area contributed by atoms with Crippen LogP contribution in [0.4, 0.5) is 0 Å². The van der Waals surface area contributed by atoms with E-state index in [-0.39, 0.29) is 0 Å². The quantitative estimate of drug-likeness (QED) is 0.741. The second-order valence-corrected chi connectivity index (χ2v) is 5.26. The molecule has 0 aromatic rings. The van der Waals surface area contributed by atoms with Crippen molar-refractivity contribution < 1.29 is 4.74 Å². The molecule has 1 aliphatic heterocycles. The molecule has 102 valence electrons. The van der Waals surface area contributed by atoms with Gasteiger partial charge in [0.2, 0.25) is 0 Å². The highest BCUT2D eigenvalue weighted by Crippen LogP contribution is 2.23. The standard InChI is InChI=1S/C14H30N2O/c1-6-8-12(15-4)13(7-2)16(5)14-9-10-17-11(14)3/h11-15H,6-10H2,1-5H3. The predicted molar refractivity (Wildman–Crippen MR) is 73.4 cm³/mol. The maximum Gasteiger partial charge on any atom is 0.0703 e. The summed E-state index contributed by atoms with van der Waals surface area (Å²) in [6.45, 7) is 7.68. The Kier molecular flexibility index (Phi) is 6.45. The average molecular weight is 242 g/mol. The zero-order chi connectivity index (χ0) is 12.8. The van der Waals surface area contributed by atoms with Gasteiger partial charge in [0, 0.05) is 24.7 Å². The second-order valence-electron chi connectivity index (χ2n) is 5.26. The third kappa shape index (κ3) is 3.67. The first-order valence-electron chi connectivity index (χ1n) is 7.16. The van der Waals surface area contributed by atoms with Gasteiger partial charge < -0.3 is 10.1 Å².